The molecule has 2 heteroatoms. The van der Waals surface area contributed by atoms with Crippen LogP contribution in [-0.2, 0) is 0 Å². The molecular formula is C38H28NP. The van der Waals surface area contributed by atoms with E-state index in [1.54, 1.807) is 0 Å². The number of pyridine rings is 1. The van der Waals surface area contributed by atoms with Crippen molar-refractivity contribution in [2.24, 2.45) is 0 Å². The summed E-state index contributed by atoms with van der Waals surface area (Å²) in [6, 6.07) is 51.1. The lowest BCUT2D eigenvalue weighted by molar-refractivity contribution is 1.27. The van der Waals surface area contributed by atoms with Gasteiger partial charge in [-0.3, -0.25) is 4.98 Å². The van der Waals surface area contributed by atoms with Crippen molar-refractivity contribution < 1.29 is 0 Å². The topological polar surface area (TPSA) is 12.9 Å². The summed E-state index contributed by atoms with van der Waals surface area (Å²) in [4.78, 5) is 4.31. The van der Waals surface area contributed by atoms with Gasteiger partial charge in [-0.1, -0.05) is 121 Å². The Bertz CT molecular complexity index is 1910. The Labute approximate surface area is 236 Å². The third-order valence-electron chi connectivity index (χ3n) is 7.66. The number of aryl methyl sites for hydroxylation is 1. The summed E-state index contributed by atoms with van der Waals surface area (Å²) in [6.07, 6.45) is 3.83. The maximum Gasteiger partial charge on any atom is 0.0303 e. The van der Waals surface area contributed by atoms with Crippen LogP contribution in [0.5, 0.6) is 0 Å². The molecule has 6 aromatic carbocycles. The van der Waals surface area contributed by atoms with Gasteiger partial charge >= 0.3 is 0 Å². The van der Waals surface area contributed by atoms with Crippen LogP contribution in [0.15, 0.2) is 152 Å². The van der Waals surface area contributed by atoms with Crippen molar-refractivity contribution in [1.29, 1.82) is 0 Å². The fourth-order valence-corrected chi connectivity index (χ4v) is 7.97. The second-order valence-corrected chi connectivity index (χ2v) is 12.4. The third kappa shape index (κ3) is 4.49. The van der Waals surface area contributed by atoms with Crippen molar-refractivity contribution in [1.82, 2.24) is 4.98 Å². The fraction of sp³-hybridized carbons (Fsp3) is 0.0263. The van der Waals surface area contributed by atoms with Gasteiger partial charge in [0, 0.05) is 12.4 Å². The monoisotopic (exact) mass is 529 g/mol. The van der Waals surface area contributed by atoms with Gasteiger partial charge in [-0.2, -0.15) is 0 Å². The molecule has 0 radical (unpaired) electrons. The highest BCUT2D eigenvalue weighted by molar-refractivity contribution is 7.79. The quantitative estimate of drug-likeness (QED) is 0.160. The van der Waals surface area contributed by atoms with Crippen LogP contribution in [0.3, 0.4) is 0 Å². The third-order valence-corrected chi connectivity index (χ3v) is 10.1. The molecule has 0 saturated carbocycles. The highest BCUT2D eigenvalue weighted by Crippen LogP contribution is 2.38. The zero-order chi connectivity index (χ0) is 26.9. The van der Waals surface area contributed by atoms with Crippen LogP contribution in [0.1, 0.15) is 5.56 Å². The second kappa shape index (κ2) is 10.5. The Morgan fingerprint density at radius 1 is 0.475 bits per heavy atom. The van der Waals surface area contributed by atoms with Crippen LogP contribution in [-0.4, -0.2) is 4.98 Å². The lowest BCUT2D eigenvalue weighted by Crippen LogP contribution is -2.20. The zero-order valence-electron chi connectivity index (χ0n) is 22.3. The number of benzene rings is 6. The van der Waals surface area contributed by atoms with E-state index in [-0.39, 0.29) is 0 Å². The SMILES string of the molecule is Cc1cnccc1-c1cc2ccc(-c3ccc(P(c4ccccc4)c4ccccc4)cc3)cc2c2ccccc12. The van der Waals surface area contributed by atoms with Gasteiger partial charge in [0.05, 0.1) is 0 Å². The molecule has 7 aromatic rings. The maximum atomic E-state index is 4.31. The van der Waals surface area contributed by atoms with Crippen LogP contribution in [0, 0.1) is 6.92 Å². The molecule has 40 heavy (non-hydrogen) atoms. The number of rotatable bonds is 5. The summed E-state index contributed by atoms with van der Waals surface area (Å²) in [5.74, 6) is 0. The molecule has 7 rings (SSSR count). The predicted molar refractivity (Wildman–Crippen MR) is 174 cm³/mol. The Kier molecular flexibility index (Phi) is 6.44. The largest absolute Gasteiger partial charge is 0.264 e. The van der Waals surface area contributed by atoms with E-state index in [0.717, 1.165) is 0 Å². The van der Waals surface area contributed by atoms with Crippen molar-refractivity contribution in [2.75, 3.05) is 0 Å². The van der Waals surface area contributed by atoms with E-state index >= 15 is 0 Å². The molecule has 0 amide bonds. The van der Waals surface area contributed by atoms with Crippen molar-refractivity contribution in [3.05, 3.63) is 157 Å². The summed E-state index contributed by atoms with van der Waals surface area (Å²) >= 11 is 0. The number of hydrogen-bond donors (Lipinski definition) is 0. The molecule has 0 aliphatic heterocycles. The molecule has 0 N–H and O–H groups in total. The van der Waals surface area contributed by atoms with Crippen LogP contribution in [0.25, 0.3) is 43.8 Å². The Hall–Kier alpha value is -4.58. The molecule has 0 unspecified atom stereocenters. The standard InChI is InChI=1S/C38H28NP/c1-27-26-39-23-22-34(27)38-25-30-17-16-29(24-37(30)35-14-8-9-15-36(35)38)28-18-20-33(21-19-28)40(31-10-4-2-5-11-31)32-12-6-3-7-13-32/h2-26H,1H3. The van der Waals surface area contributed by atoms with Gasteiger partial charge < -0.3 is 0 Å². The first kappa shape index (κ1) is 24.5. The molecule has 0 bridgehead atoms. The Morgan fingerprint density at radius 2 is 1.07 bits per heavy atom. The van der Waals surface area contributed by atoms with Crippen molar-refractivity contribution in [3.63, 3.8) is 0 Å². The van der Waals surface area contributed by atoms with E-state index in [4.69, 9.17) is 0 Å². The van der Waals surface area contributed by atoms with Crippen LogP contribution >= 0.6 is 7.92 Å². The summed E-state index contributed by atoms with van der Waals surface area (Å²) < 4.78 is 0. The highest BCUT2D eigenvalue weighted by atomic mass is 31.1. The first-order valence-corrected chi connectivity index (χ1v) is 15.0. The normalized spacial score (nSPS) is 11.3. The van der Waals surface area contributed by atoms with Crippen molar-refractivity contribution >= 4 is 45.4 Å². The molecule has 0 spiro atoms. The number of aromatic nitrogens is 1. The molecule has 0 aliphatic carbocycles. The van der Waals surface area contributed by atoms with E-state index in [2.05, 4.69) is 151 Å². The Balaban J connectivity index is 1.32. The van der Waals surface area contributed by atoms with Gasteiger partial charge in [-0.25, -0.2) is 0 Å². The lowest BCUT2D eigenvalue weighted by Gasteiger charge is -2.19. The first-order valence-electron chi connectivity index (χ1n) is 13.6. The molecule has 1 aromatic heterocycles. The van der Waals surface area contributed by atoms with Crippen LogP contribution in [0.2, 0.25) is 0 Å². The molecule has 0 fully saturated rings. The fourth-order valence-electron chi connectivity index (χ4n) is 5.68. The lowest BCUT2D eigenvalue weighted by atomic mass is 9.90. The van der Waals surface area contributed by atoms with Crippen LogP contribution in [0.4, 0.5) is 0 Å². The van der Waals surface area contributed by atoms with Gasteiger partial charge in [0.15, 0.2) is 0 Å². The minimum Gasteiger partial charge on any atom is -0.264 e. The van der Waals surface area contributed by atoms with E-state index in [1.807, 2.05) is 12.4 Å². The Morgan fingerprint density at radius 3 is 1.75 bits per heavy atom. The van der Waals surface area contributed by atoms with E-state index in [1.165, 1.54) is 65.3 Å². The number of fused-ring (bicyclic) bond motifs is 3. The maximum absolute atomic E-state index is 4.31. The van der Waals surface area contributed by atoms with Gasteiger partial charge in [-0.05, 0) is 98.3 Å². The van der Waals surface area contributed by atoms with Crippen molar-refractivity contribution in [3.8, 4) is 22.3 Å². The molecule has 0 saturated heterocycles. The first-order chi connectivity index (χ1) is 19.8. The second-order valence-electron chi connectivity index (χ2n) is 10.1. The van der Waals surface area contributed by atoms with E-state index < -0.39 is 7.92 Å². The molecular weight excluding hydrogens is 501 g/mol. The van der Waals surface area contributed by atoms with E-state index in [0.29, 0.717) is 0 Å². The summed E-state index contributed by atoms with van der Waals surface area (Å²) in [5.41, 5.74) is 6.16. The minimum absolute atomic E-state index is 0.612. The van der Waals surface area contributed by atoms with Gasteiger partial charge in [0.2, 0.25) is 0 Å². The summed E-state index contributed by atoms with van der Waals surface area (Å²) in [7, 11) is -0.612. The average molecular weight is 530 g/mol. The smallest absolute Gasteiger partial charge is 0.0303 e. The molecule has 0 atom stereocenters. The molecule has 190 valence electrons. The number of hydrogen-bond acceptors (Lipinski definition) is 1. The molecule has 0 aliphatic rings. The zero-order valence-corrected chi connectivity index (χ0v) is 23.2. The van der Waals surface area contributed by atoms with Gasteiger partial charge in [0.25, 0.3) is 0 Å². The summed E-state index contributed by atoms with van der Waals surface area (Å²) in [6.45, 7) is 2.13. The molecule has 1 heterocycles. The highest BCUT2D eigenvalue weighted by Gasteiger charge is 2.16. The van der Waals surface area contributed by atoms with Crippen molar-refractivity contribution in [2.45, 2.75) is 6.92 Å². The van der Waals surface area contributed by atoms with Gasteiger partial charge in [0.1, 0.15) is 0 Å². The van der Waals surface area contributed by atoms with E-state index in [9.17, 15) is 0 Å². The van der Waals surface area contributed by atoms with Crippen LogP contribution < -0.4 is 15.9 Å². The molecule has 1 nitrogen and oxygen atoms in total. The number of nitrogens with zero attached hydrogens (tertiary/aromatic N) is 1. The average Bonchev–Trinajstić information content (AvgIpc) is 3.02. The van der Waals surface area contributed by atoms with Gasteiger partial charge in [-0.15, -0.1) is 0 Å². The summed E-state index contributed by atoms with van der Waals surface area (Å²) in [5, 5.41) is 9.18. The minimum atomic E-state index is -0.612. The predicted octanol–water partition coefficient (Wildman–Crippen LogP) is 8.79.